The van der Waals surface area contributed by atoms with Gasteiger partial charge in [-0.15, -0.1) is 4.48 Å². The first kappa shape index (κ1) is 31.4. The number of rotatable bonds is 13. The molecule has 1 saturated heterocycles. The molecular weight excluding hydrogens is 488 g/mol. The largest absolute Gasteiger partial charge is 0.524 e. The van der Waals surface area contributed by atoms with Crippen LogP contribution in [0.4, 0.5) is 4.79 Å². The van der Waals surface area contributed by atoms with Gasteiger partial charge in [-0.25, -0.2) is 9.59 Å². The average molecular weight is 534 g/mol. The van der Waals surface area contributed by atoms with Crippen molar-refractivity contribution in [2.75, 3.05) is 19.6 Å². The lowest BCUT2D eigenvalue weighted by Gasteiger charge is -2.42. The van der Waals surface area contributed by atoms with Crippen molar-refractivity contribution in [3.8, 4) is 0 Å². The molecule has 2 N–H and O–H groups in total. The van der Waals surface area contributed by atoms with Crippen LogP contribution >= 0.6 is 0 Å². The summed E-state index contributed by atoms with van der Waals surface area (Å²) in [6.45, 7) is 7.53. The van der Waals surface area contributed by atoms with Crippen molar-refractivity contribution in [2.24, 2.45) is 5.92 Å². The first-order chi connectivity index (χ1) is 18.0. The lowest BCUT2D eigenvalue weighted by molar-refractivity contribution is -0.806. The van der Waals surface area contributed by atoms with Crippen LogP contribution in [0, 0.1) is 5.92 Å². The van der Waals surface area contributed by atoms with Gasteiger partial charge in [0.1, 0.15) is 18.8 Å². The Balaban J connectivity index is 2.36. The molecule has 212 valence electrons. The molecule has 1 aromatic rings. The molecule has 1 aliphatic rings. The molecule has 0 aliphatic carbocycles. The summed E-state index contributed by atoms with van der Waals surface area (Å²) in [5.41, 5.74) is -0.133. The molecule has 38 heavy (non-hydrogen) atoms. The molecule has 2 rings (SSSR count). The van der Waals surface area contributed by atoms with Crippen LogP contribution in [0.3, 0.4) is 0 Å². The third-order valence-electron chi connectivity index (χ3n) is 6.80. The Bertz CT molecular complexity index is 929. The van der Waals surface area contributed by atoms with E-state index in [0.29, 0.717) is 19.4 Å². The summed E-state index contributed by atoms with van der Waals surface area (Å²) in [5, 5.41) is 12.7. The fraction of sp³-hybridized carbons (Fsp3) is 0.655. The second kappa shape index (κ2) is 15.0. The van der Waals surface area contributed by atoms with Crippen LogP contribution in [-0.2, 0) is 30.5 Å². The minimum Gasteiger partial charge on any atom is -0.481 e. The molecule has 0 radical (unpaired) electrons. The summed E-state index contributed by atoms with van der Waals surface area (Å²) < 4.78 is 10.4. The lowest BCUT2D eigenvalue weighted by atomic mass is 9.93. The molecule has 3 atom stereocenters. The second-order valence-electron chi connectivity index (χ2n) is 11.1. The highest BCUT2D eigenvalue weighted by Crippen LogP contribution is 2.30. The number of esters is 1. The Morgan fingerprint density at radius 3 is 2.34 bits per heavy atom. The highest BCUT2D eigenvalue weighted by Gasteiger charge is 2.60. The number of amides is 2. The number of aliphatic carboxylic acids is 1. The van der Waals surface area contributed by atoms with Crippen molar-refractivity contribution in [1.82, 2.24) is 5.32 Å². The van der Waals surface area contributed by atoms with Crippen molar-refractivity contribution < 1.29 is 38.2 Å². The Morgan fingerprint density at radius 1 is 1.05 bits per heavy atom. The summed E-state index contributed by atoms with van der Waals surface area (Å²) in [7, 11) is 0. The van der Waals surface area contributed by atoms with Crippen LogP contribution in [0.1, 0.15) is 84.6 Å². The second-order valence-corrected chi connectivity index (χ2v) is 11.1. The van der Waals surface area contributed by atoms with E-state index in [0.717, 1.165) is 37.7 Å². The van der Waals surface area contributed by atoms with Gasteiger partial charge in [0.05, 0.1) is 18.9 Å². The third-order valence-corrected chi connectivity index (χ3v) is 6.80. The molecule has 0 saturated carbocycles. The zero-order chi connectivity index (χ0) is 28.2. The van der Waals surface area contributed by atoms with E-state index in [-0.39, 0.29) is 19.7 Å². The minimum absolute atomic E-state index is 0.00496. The monoisotopic (exact) mass is 533 g/mol. The SMILES string of the molecule is CCCCCCCC[C@H](CC(=O)O)C(=O)[N@+]1(C(=O)OC(C)(C)C)CCNCC1C(=O)OCc1ccccc1. The van der Waals surface area contributed by atoms with Gasteiger partial charge in [0.25, 0.3) is 0 Å². The number of nitrogens with zero attached hydrogens (tertiary/aromatic N) is 1. The number of ether oxygens (including phenoxy) is 2. The zero-order valence-corrected chi connectivity index (χ0v) is 23.4. The first-order valence-corrected chi connectivity index (χ1v) is 13.8. The van der Waals surface area contributed by atoms with Crippen LogP contribution in [0.25, 0.3) is 0 Å². The highest BCUT2D eigenvalue weighted by atomic mass is 16.6. The summed E-state index contributed by atoms with van der Waals surface area (Å²) in [6, 6.07) is 7.96. The Labute approximate surface area is 226 Å². The van der Waals surface area contributed by atoms with Crippen LogP contribution in [0.15, 0.2) is 30.3 Å². The molecule has 9 heteroatoms. The standard InChI is InChI=1S/C29H44N2O7/c1-5-6-7-8-9-13-16-23(19-25(32)33)26(34)31(28(36)38-29(2,3)4)18-17-30-20-24(31)27(35)37-21-22-14-11-10-12-15-22/h10-12,14-15,23-24,30H,5-9,13,16-21H2,1-4H3/p+1/t23-,24?,31+/m1/s1. The number of carbonyl (C=O) groups excluding carboxylic acids is 3. The molecular formula is C29H45N2O7+. The number of benzene rings is 1. The Hall–Kier alpha value is -2.78. The topological polar surface area (TPSA) is 119 Å². The van der Waals surface area contributed by atoms with Crippen LogP contribution < -0.4 is 5.32 Å². The van der Waals surface area contributed by atoms with E-state index in [1.165, 1.54) is 0 Å². The maximum Gasteiger partial charge on any atom is 0.524 e. The molecule has 1 aliphatic heterocycles. The summed E-state index contributed by atoms with van der Waals surface area (Å²) >= 11 is 0. The number of nitrogens with one attached hydrogen (secondary N) is 1. The number of quaternary nitrogens is 1. The molecule has 2 amide bonds. The van der Waals surface area contributed by atoms with Gasteiger partial charge in [-0.3, -0.25) is 4.79 Å². The Kier molecular flexibility index (Phi) is 12.4. The van der Waals surface area contributed by atoms with E-state index >= 15 is 0 Å². The third kappa shape index (κ3) is 9.20. The van der Waals surface area contributed by atoms with Gasteiger partial charge < -0.3 is 19.9 Å². The van der Waals surface area contributed by atoms with Crippen molar-refractivity contribution in [3.05, 3.63) is 35.9 Å². The van der Waals surface area contributed by atoms with Gasteiger partial charge in [0.15, 0.2) is 0 Å². The fourth-order valence-electron chi connectivity index (χ4n) is 4.83. The maximum atomic E-state index is 14.2. The van der Waals surface area contributed by atoms with E-state index in [1.807, 2.05) is 30.3 Å². The lowest BCUT2D eigenvalue weighted by Crippen LogP contribution is -2.74. The molecule has 0 bridgehead atoms. The zero-order valence-electron chi connectivity index (χ0n) is 23.4. The van der Waals surface area contributed by atoms with E-state index in [9.17, 15) is 24.3 Å². The molecule has 1 fully saturated rings. The molecule has 0 aromatic heterocycles. The van der Waals surface area contributed by atoms with Crippen molar-refractivity contribution >= 4 is 23.9 Å². The number of imide groups is 1. The minimum atomic E-state index is -1.18. The smallest absolute Gasteiger partial charge is 0.481 e. The van der Waals surface area contributed by atoms with E-state index in [4.69, 9.17) is 9.47 Å². The summed E-state index contributed by atoms with van der Waals surface area (Å²) in [5.74, 6) is -3.32. The van der Waals surface area contributed by atoms with Gasteiger partial charge in [-0.05, 0) is 32.8 Å². The van der Waals surface area contributed by atoms with Crippen LogP contribution in [0.2, 0.25) is 0 Å². The normalized spacial score (nSPS) is 20.4. The van der Waals surface area contributed by atoms with Crippen molar-refractivity contribution in [2.45, 2.75) is 97.3 Å². The van der Waals surface area contributed by atoms with Crippen LogP contribution in [-0.4, -0.2) is 64.8 Å². The molecule has 0 spiro atoms. The molecule has 9 nitrogen and oxygen atoms in total. The predicted octanol–water partition coefficient (Wildman–Crippen LogP) is 4.82. The van der Waals surface area contributed by atoms with Crippen molar-refractivity contribution in [3.63, 3.8) is 0 Å². The number of carbonyl (C=O) groups is 4. The molecule has 1 unspecified atom stereocenters. The average Bonchev–Trinajstić information content (AvgIpc) is 2.87. The number of hydrogen-bond acceptors (Lipinski definition) is 7. The first-order valence-electron chi connectivity index (χ1n) is 13.8. The van der Waals surface area contributed by atoms with E-state index < -0.39 is 52.4 Å². The van der Waals surface area contributed by atoms with Gasteiger partial charge in [-0.2, -0.15) is 4.79 Å². The van der Waals surface area contributed by atoms with Gasteiger partial charge in [0.2, 0.25) is 6.04 Å². The van der Waals surface area contributed by atoms with E-state index in [1.54, 1.807) is 20.8 Å². The quantitative estimate of drug-likeness (QED) is 0.210. The molecule has 1 heterocycles. The van der Waals surface area contributed by atoms with Gasteiger partial charge >= 0.3 is 23.9 Å². The van der Waals surface area contributed by atoms with Gasteiger partial charge in [-0.1, -0.05) is 75.8 Å². The Morgan fingerprint density at radius 2 is 1.71 bits per heavy atom. The summed E-state index contributed by atoms with van der Waals surface area (Å²) in [6.07, 6.45) is 4.97. The number of carboxylic acids is 1. The maximum absolute atomic E-state index is 14.2. The predicted molar refractivity (Wildman–Crippen MR) is 143 cm³/mol. The number of carboxylic acid groups (broad SMARTS) is 1. The fourth-order valence-corrected chi connectivity index (χ4v) is 4.83. The number of unbranched alkanes of at least 4 members (excludes halogenated alkanes) is 5. The van der Waals surface area contributed by atoms with Gasteiger partial charge in [0, 0.05) is 6.54 Å². The summed E-state index contributed by atoms with van der Waals surface area (Å²) in [4.78, 5) is 53.1. The van der Waals surface area contributed by atoms with Crippen molar-refractivity contribution in [1.29, 1.82) is 0 Å². The van der Waals surface area contributed by atoms with E-state index in [2.05, 4.69) is 12.2 Å². The number of hydrogen-bond donors (Lipinski definition) is 2. The molecule has 1 aromatic carbocycles. The number of piperazine rings is 1. The highest BCUT2D eigenvalue weighted by molar-refractivity contribution is 5.90. The van der Waals surface area contributed by atoms with Crippen LogP contribution in [0.5, 0.6) is 0 Å².